The highest BCUT2D eigenvalue weighted by Crippen LogP contribution is 2.13. The summed E-state index contributed by atoms with van der Waals surface area (Å²) in [5, 5.41) is 7.11. The van der Waals surface area contributed by atoms with Crippen LogP contribution in [0.15, 0.2) is 18.3 Å². The van der Waals surface area contributed by atoms with Crippen molar-refractivity contribution < 1.29 is 0 Å². The highest BCUT2D eigenvalue weighted by molar-refractivity contribution is 5.78. The lowest BCUT2D eigenvalue weighted by Crippen LogP contribution is -1.97. The van der Waals surface area contributed by atoms with E-state index in [0.717, 1.165) is 11.3 Å². The van der Waals surface area contributed by atoms with Gasteiger partial charge >= 0.3 is 0 Å². The molecule has 1 heterocycles. The molecule has 2 nitrogen and oxygen atoms in total. The number of nitrogens with zero attached hydrogens (tertiary/aromatic N) is 1. The van der Waals surface area contributed by atoms with Gasteiger partial charge in [0.1, 0.15) is 0 Å². The molecule has 0 aromatic carbocycles. The number of pyridine rings is 1. The SMILES string of the molecule is CC(C)c1ncccc1C=N. The molecule has 0 radical (unpaired) electrons. The Hall–Kier alpha value is -1.18. The van der Waals surface area contributed by atoms with Crippen LogP contribution < -0.4 is 0 Å². The Labute approximate surface area is 66.8 Å². The summed E-state index contributed by atoms with van der Waals surface area (Å²) < 4.78 is 0. The Balaban J connectivity index is 3.12. The molecule has 0 aliphatic heterocycles. The smallest absolute Gasteiger partial charge is 0.0516 e. The fourth-order valence-corrected chi connectivity index (χ4v) is 1.03. The zero-order valence-corrected chi connectivity index (χ0v) is 6.83. The van der Waals surface area contributed by atoms with Gasteiger partial charge in [0.15, 0.2) is 0 Å². The molecule has 0 saturated heterocycles. The van der Waals surface area contributed by atoms with E-state index in [0.29, 0.717) is 5.92 Å². The molecule has 1 aromatic rings. The van der Waals surface area contributed by atoms with Crippen molar-refractivity contribution in [2.24, 2.45) is 0 Å². The molecule has 1 rings (SSSR count). The molecule has 0 aliphatic rings. The molecule has 58 valence electrons. The predicted molar refractivity (Wildman–Crippen MR) is 46.2 cm³/mol. The van der Waals surface area contributed by atoms with E-state index < -0.39 is 0 Å². The normalized spacial score (nSPS) is 10.1. The van der Waals surface area contributed by atoms with Crippen molar-refractivity contribution in [3.63, 3.8) is 0 Å². The highest BCUT2D eigenvalue weighted by Gasteiger charge is 2.03. The molecular formula is C9H12N2. The van der Waals surface area contributed by atoms with Crippen LogP contribution >= 0.6 is 0 Å². The van der Waals surface area contributed by atoms with Crippen LogP contribution in [-0.2, 0) is 0 Å². The first kappa shape index (κ1) is 7.92. The van der Waals surface area contributed by atoms with Crippen molar-refractivity contribution in [1.29, 1.82) is 5.41 Å². The Bertz CT molecular complexity index is 253. The summed E-state index contributed by atoms with van der Waals surface area (Å²) in [6.45, 7) is 4.16. The first-order valence-electron chi connectivity index (χ1n) is 3.71. The van der Waals surface area contributed by atoms with Gasteiger partial charge < -0.3 is 5.41 Å². The van der Waals surface area contributed by atoms with Crippen molar-refractivity contribution in [1.82, 2.24) is 4.98 Å². The van der Waals surface area contributed by atoms with Crippen molar-refractivity contribution in [2.75, 3.05) is 0 Å². The number of aromatic nitrogens is 1. The minimum Gasteiger partial charge on any atom is -0.308 e. The Morgan fingerprint density at radius 3 is 2.73 bits per heavy atom. The molecule has 1 N–H and O–H groups in total. The second kappa shape index (κ2) is 3.28. The van der Waals surface area contributed by atoms with E-state index in [1.54, 1.807) is 6.20 Å². The molecule has 0 unspecified atom stereocenters. The summed E-state index contributed by atoms with van der Waals surface area (Å²) in [7, 11) is 0. The largest absolute Gasteiger partial charge is 0.308 e. The van der Waals surface area contributed by atoms with E-state index >= 15 is 0 Å². The van der Waals surface area contributed by atoms with Crippen molar-refractivity contribution >= 4 is 6.21 Å². The average Bonchev–Trinajstić information content (AvgIpc) is 2.04. The van der Waals surface area contributed by atoms with E-state index in [1.807, 2.05) is 12.1 Å². The second-order valence-electron chi connectivity index (χ2n) is 2.78. The molecule has 0 atom stereocenters. The summed E-state index contributed by atoms with van der Waals surface area (Å²) >= 11 is 0. The molecule has 2 heteroatoms. The molecule has 11 heavy (non-hydrogen) atoms. The zero-order valence-electron chi connectivity index (χ0n) is 6.83. The minimum atomic E-state index is 0.396. The molecule has 0 bridgehead atoms. The van der Waals surface area contributed by atoms with Crippen molar-refractivity contribution in [2.45, 2.75) is 19.8 Å². The quantitative estimate of drug-likeness (QED) is 0.641. The third-order valence-corrected chi connectivity index (χ3v) is 1.57. The summed E-state index contributed by atoms with van der Waals surface area (Å²) in [6, 6.07) is 3.77. The van der Waals surface area contributed by atoms with Crippen LogP contribution in [0.25, 0.3) is 0 Å². The van der Waals surface area contributed by atoms with Gasteiger partial charge in [0, 0.05) is 18.0 Å². The van der Waals surface area contributed by atoms with Crippen molar-refractivity contribution in [3.8, 4) is 0 Å². The summed E-state index contributed by atoms with van der Waals surface area (Å²) in [4.78, 5) is 4.20. The number of hydrogen-bond donors (Lipinski definition) is 1. The van der Waals surface area contributed by atoms with Gasteiger partial charge in [-0.2, -0.15) is 0 Å². The average molecular weight is 148 g/mol. The van der Waals surface area contributed by atoms with E-state index in [2.05, 4.69) is 18.8 Å². The zero-order chi connectivity index (χ0) is 8.27. The number of nitrogens with one attached hydrogen (secondary N) is 1. The molecule has 0 saturated carbocycles. The fraction of sp³-hybridized carbons (Fsp3) is 0.333. The van der Waals surface area contributed by atoms with E-state index in [-0.39, 0.29) is 0 Å². The molecule has 0 spiro atoms. The van der Waals surface area contributed by atoms with Crippen LogP contribution in [0.5, 0.6) is 0 Å². The van der Waals surface area contributed by atoms with Crippen LogP contribution in [-0.4, -0.2) is 11.2 Å². The topological polar surface area (TPSA) is 36.7 Å². The van der Waals surface area contributed by atoms with Gasteiger partial charge in [0.25, 0.3) is 0 Å². The second-order valence-corrected chi connectivity index (χ2v) is 2.78. The minimum absolute atomic E-state index is 0.396. The monoisotopic (exact) mass is 148 g/mol. The van der Waals surface area contributed by atoms with Gasteiger partial charge in [0.2, 0.25) is 0 Å². The lowest BCUT2D eigenvalue weighted by Gasteiger charge is -2.05. The maximum Gasteiger partial charge on any atom is 0.0516 e. The first-order valence-corrected chi connectivity index (χ1v) is 3.71. The van der Waals surface area contributed by atoms with E-state index in [1.165, 1.54) is 6.21 Å². The Morgan fingerprint density at radius 1 is 1.55 bits per heavy atom. The Morgan fingerprint density at radius 2 is 2.27 bits per heavy atom. The van der Waals surface area contributed by atoms with Crippen LogP contribution in [0.1, 0.15) is 31.0 Å². The molecule has 0 aliphatic carbocycles. The maximum absolute atomic E-state index is 7.11. The van der Waals surface area contributed by atoms with Gasteiger partial charge in [-0.05, 0) is 12.0 Å². The van der Waals surface area contributed by atoms with Crippen LogP contribution in [0, 0.1) is 5.41 Å². The van der Waals surface area contributed by atoms with E-state index in [9.17, 15) is 0 Å². The van der Waals surface area contributed by atoms with Gasteiger partial charge in [0.05, 0.1) is 5.69 Å². The lowest BCUT2D eigenvalue weighted by molar-refractivity contribution is 0.820. The van der Waals surface area contributed by atoms with Gasteiger partial charge in [-0.15, -0.1) is 0 Å². The summed E-state index contributed by atoms with van der Waals surface area (Å²) in [5.41, 5.74) is 1.92. The maximum atomic E-state index is 7.11. The Kier molecular flexibility index (Phi) is 2.36. The highest BCUT2D eigenvalue weighted by atomic mass is 14.7. The molecule has 0 fully saturated rings. The third-order valence-electron chi connectivity index (χ3n) is 1.57. The predicted octanol–water partition coefficient (Wildman–Crippen LogP) is 2.20. The fourth-order valence-electron chi connectivity index (χ4n) is 1.03. The number of hydrogen-bond acceptors (Lipinski definition) is 2. The first-order chi connectivity index (χ1) is 5.25. The van der Waals surface area contributed by atoms with Crippen molar-refractivity contribution in [3.05, 3.63) is 29.6 Å². The summed E-state index contributed by atoms with van der Waals surface area (Å²) in [6.07, 6.45) is 3.12. The molecular weight excluding hydrogens is 136 g/mol. The lowest BCUT2D eigenvalue weighted by atomic mass is 10.1. The van der Waals surface area contributed by atoms with E-state index in [4.69, 9.17) is 5.41 Å². The molecule has 0 amide bonds. The van der Waals surface area contributed by atoms with Gasteiger partial charge in [-0.3, -0.25) is 4.98 Å². The van der Waals surface area contributed by atoms with Gasteiger partial charge in [-0.1, -0.05) is 19.9 Å². The summed E-state index contributed by atoms with van der Waals surface area (Å²) in [5.74, 6) is 0.396. The van der Waals surface area contributed by atoms with Crippen LogP contribution in [0.4, 0.5) is 0 Å². The number of rotatable bonds is 2. The molecule has 1 aromatic heterocycles. The standard InChI is InChI=1S/C9H12N2/c1-7(2)9-8(6-10)4-3-5-11-9/h3-7,10H,1-2H3. The van der Waals surface area contributed by atoms with Crippen LogP contribution in [0.2, 0.25) is 0 Å². The van der Waals surface area contributed by atoms with Crippen LogP contribution in [0.3, 0.4) is 0 Å². The third kappa shape index (κ3) is 1.64. The van der Waals surface area contributed by atoms with Gasteiger partial charge in [-0.25, -0.2) is 0 Å².